The monoisotopic (exact) mass is 349 g/mol. The second kappa shape index (κ2) is 3.64. The van der Waals surface area contributed by atoms with Crippen molar-refractivity contribution in [3.05, 3.63) is 14.4 Å². The fraction of sp³-hybridized carbons (Fsp3) is 0.600. The fourth-order valence-corrected chi connectivity index (χ4v) is 3.90. The molecule has 1 aliphatic carbocycles. The number of imidazole rings is 1. The number of aliphatic hydroxyl groups is 1. The molecule has 16 heavy (non-hydrogen) atoms. The highest BCUT2D eigenvalue weighted by Crippen LogP contribution is 2.40. The van der Waals surface area contributed by atoms with Crippen LogP contribution in [0.25, 0.3) is 4.96 Å². The van der Waals surface area contributed by atoms with Crippen molar-refractivity contribution in [2.24, 2.45) is 0 Å². The van der Waals surface area contributed by atoms with Crippen molar-refractivity contribution >= 4 is 38.9 Å². The average Bonchev–Trinajstić information content (AvgIpc) is 2.88. The summed E-state index contributed by atoms with van der Waals surface area (Å²) < 4.78 is 2.88. The number of nitrogens with zero attached hydrogens (tertiary/aromatic N) is 3. The van der Waals surface area contributed by atoms with E-state index in [4.69, 9.17) is 0 Å². The molecule has 0 radical (unpaired) electrons. The van der Waals surface area contributed by atoms with Crippen molar-refractivity contribution < 1.29 is 5.11 Å². The molecule has 1 aliphatic rings. The first-order valence-corrected chi connectivity index (χ1v) is 7.24. The lowest BCUT2D eigenvalue weighted by atomic mass is 10.0. The number of fused-ring (bicyclic) bond motifs is 1. The Labute approximate surface area is 111 Å². The van der Waals surface area contributed by atoms with Crippen molar-refractivity contribution in [3.8, 4) is 0 Å². The van der Waals surface area contributed by atoms with Crippen molar-refractivity contribution in [1.29, 1.82) is 0 Å². The summed E-state index contributed by atoms with van der Waals surface area (Å²) in [6, 6.07) is 0. The SMILES string of the molecule is Cc1nc2sc(C3(O)CCCC3)nn2c1I. The van der Waals surface area contributed by atoms with Crippen LogP contribution in [0.3, 0.4) is 0 Å². The molecule has 2 heterocycles. The van der Waals surface area contributed by atoms with E-state index in [1.165, 1.54) is 11.3 Å². The number of rotatable bonds is 1. The van der Waals surface area contributed by atoms with E-state index in [1.54, 1.807) is 0 Å². The van der Waals surface area contributed by atoms with E-state index in [2.05, 4.69) is 32.7 Å². The fourth-order valence-electron chi connectivity index (χ4n) is 2.19. The normalized spacial score (nSPS) is 19.7. The topological polar surface area (TPSA) is 50.4 Å². The third-order valence-electron chi connectivity index (χ3n) is 3.14. The largest absolute Gasteiger partial charge is 0.383 e. The van der Waals surface area contributed by atoms with E-state index in [-0.39, 0.29) is 0 Å². The van der Waals surface area contributed by atoms with Crippen LogP contribution in [0.2, 0.25) is 0 Å². The average molecular weight is 349 g/mol. The molecule has 0 aliphatic heterocycles. The third-order valence-corrected chi connectivity index (χ3v) is 5.48. The predicted molar refractivity (Wildman–Crippen MR) is 70.7 cm³/mol. The molecule has 86 valence electrons. The van der Waals surface area contributed by atoms with Gasteiger partial charge in [-0.05, 0) is 42.4 Å². The number of hydrogen-bond acceptors (Lipinski definition) is 4. The Bertz CT molecular complexity index is 541. The second-order valence-corrected chi connectivity index (χ2v) is 6.31. The molecule has 0 unspecified atom stereocenters. The predicted octanol–water partition coefficient (Wildman–Crippen LogP) is 2.47. The molecule has 1 N–H and O–H groups in total. The van der Waals surface area contributed by atoms with Crippen LogP contribution in [0.1, 0.15) is 36.4 Å². The van der Waals surface area contributed by atoms with E-state index in [9.17, 15) is 5.11 Å². The first-order valence-electron chi connectivity index (χ1n) is 5.35. The Kier molecular flexibility index (Phi) is 2.48. The smallest absolute Gasteiger partial charge is 0.213 e. The first-order chi connectivity index (χ1) is 7.60. The highest BCUT2D eigenvalue weighted by Gasteiger charge is 2.37. The van der Waals surface area contributed by atoms with Crippen LogP contribution < -0.4 is 0 Å². The minimum absolute atomic E-state index is 0.692. The molecule has 0 aromatic carbocycles. The Hall–Kier alpha value is -0.210. The van der Waals surface area contributed by atoms with Gasteiger partial charge in [-0.2, -0.15) is 9.61 Å². The molecule has 0 atom stereocenters. The second-order valence-electron chi connectivity index (χ2n) is 4.33. The van der Waals surface area contributed by atoms with Gasteiger partial charge in [-0.15, -0.1) is 0 Å². The minimum Gasteiger partial charge on any atom is -0.383 e. The molecule has 1 fully saturated rings. The standard InChI is InChI=1S/C10H12IN3OS/c1-6-7(11)14-9(12-6)16-8(13-14)10(15)4-2-3-5-10/h15H,2-5H2,1H3. The number of aromatic nitrogens is 3. The molecule has 0 bridgehead atoms. The van der Waals surface area contributed by atoms with Crippen LogP contribution in [0, 0.1) is 10.6 Å². The Balaban J connectivity index is 2.12. The van der Waals surface area contributed by atoms with Crippen LogP contribution in [-0.4, -0.2) is 19.7 Å². The summed E-state index contributed by atoms with van der Waals surface area (Å²) in [5.74, 6) is 0. The Morgan fingerprint density at radius 1 is 1.44 bits per heavy atom. The third kappa shape index (κ3) is 1.50. The van der Waals surface area contributed by atoms with Gasteiger partial charge in [0.15, 0.2) is 0 Å². The first kappa shape index (κ1) is 10.9. The summed E-state index contributed by atoms with van der Waals surface area (Å²) in [6.07, 6.45) is 3.85. The molecule has 2 aromatic heterocycles. The van der Waals surface area contributed by atoms with Crippen LogP contribution >= 0.6 is 33.9 Å². The van der Waals surface area contributed by atoms with E-state index >= 15 is 0 Å². The van der Waals surface area contributed by atoms with Crippen molar-refractivity contribution in [1.82, 2.24) is 14.6 Å². The highest BCUT2D eigenvalue weighted by atomic mass is 127. The highest BCUT2D eigenvalue weighted by molar-refractivity contribution is 14.1. The number of aryl methyl sites for hydroxylation is 1. The van der Waals surface area contributed by atoms with E-state index in [1.807, 2.05) is 11.4 Å². The van der Waals surface area contributed by atoms with Crippen molar-refractivity contribution in [2.45, 2.75) is 38.2 Å². The molecule has 0 amide bonds. The molecule has 1 saturated carbocycles. The van der Waals surface area contributed by atoms with Crippen LogP contribution in [0.15, 0.2) is 0 Å². The Morgan fingerprint density at radius 2 is 2.12 bits per heavy atom. The lowest BCUT2D eigenvalue weighted by Crippen LogP contribution is -2.20. The summed E-state index contributed by atoms with van der Waals surface area (Å²) in [7, 11) is 0. The van der Waals surface area contributed by atoms with Gasteiger partial charge in [-0.25, -0.2) is 4.98 Å². The zero-order chi connectivity index (χ0) is 11.3. The summed E-state index contributed by atoms with van der Waals surface area (Å²) in [5.41, 5.74) is 0.312. The molecule has 2 aromatic rings. The van der Waals surface area contributed by atoms with Crippen LogP contribution in [0.4, 0.5) is 0 Å². The van der Waals surface area contributed by atoms with Crippen molar-refractivity contribution in [3.63, 3.8) is 0 Å². The maximum absolute atomic E-state index is 10.4. The van der Waals surface area contributed by atoms with Gasteiger partial charge >= 0.3 is 0 Å². The van der Waals surface area contributed by atoms with Gasteiger partial charge in [0.05, 0.1) is 5.69 Å². The molecule has 0 saturated heterocycles. The number of hydrogen-bond donors (Lipinski definition) is 1. The summed E-state index contributed by atoms with van der Waals surface area (Å²) in [5, 5.41) is 15.8. The van der Waals surface area contributed by atoms with Gasteiger partial charge in [-0.1, -0.05) is 24.2 Å². The molecule has 4 nitrogen and oxygen atoms in total. The molecular formula is C10H12IN3OS. The van der Waals surface area contributed by atoms with Crippen LogP contribution in [-0.2, 0) is 5.60 Å². The van der Waals surface area contributed by atoms with Gasteiger partial charge < -0.3 is 5.11 Å². The number of halogens is 1. The van der Waals surface area contributed by atoms with Gasteiger partial charge in [0.1, 0.15) is 14.3 Å². The molecule has 6 heteroatoms. The lowest BCUT2D eigenvalue weighted by molar-refractivity contribution is 0.0432. The van der Waals surface area contributed by atoms with Gasteiger partial charge in [-0.3, -0.25) is 0 Å². The minimum atomic E-state index is -0.692. The van der Waals surface area contributed by atoms with E-state index in [0.29, 0.717) is 0 Å². The molecule has 3 rings (SSSR count). The van der Waals surface area contributed by atoms with Gasteiger partial charge in [0.25, 0.3) is 0 Å². The van der Waals surface area contributed by atoms with Crippen LogP contribution in [0.5, 0.6) is 0 Å². The van der Waals surface area contributed by atoms with E-state index in [0.717, 1.165) is 45.0 Å². The van der Waals surface area contributed by atoms with Gasteiger partial charge in [0.2, 0.25) is 4.96 Å². The Morgan fingerprint density at radius 3 is 2.75 bits per heavy atom. The maximum Gasteiger partial charge on any atom is 0.213 e. The lowest BCUT2D eigenvalue weighted by Gasteiger charge is -2.17. The quantitative estimate of drug-likeness (QED) is 0.805. The molecule has 0 spiro atoms. The summed E-state index contributed by atoms with van der Waals surface area (Å²) in [4.78, 5) is 5.32. The zero-order valence-electron chi connectivity index (χ0n) is 8.90. The van der Waals surface area contributed by atoms with E-state index < -0.39 is 5.60 Å². The molecular weight excluding hydrogens is 337 g/mol. The summed E-state index contributed by atoms with van der Waals surface area (Å²) >= 11 is 3.76. The summed E-state index contributed by atoms with van der Waals surface area (Å²) in [6.45, 7) is 1.98. The van der Waals surface area contributed by atoms with Crippen molar-refractivity contribution in [2.75, 3.05) is 0 Å². The maximum atomic E-state index is 10.4. The zero-order valence-corrected chi connectivity index (χ0v) is 11.9. The van der Waals surface area contributed by atoms with Gasteiger partial charge in [0, 0.05) is 0 Å².